The van der Waals surface area contributed by atoms with Gasteiger partial charge in [0.05, 0.1) is 0 Å². The summed E-state index contributed by atoms with van der Waals surface area (Å²) in [5.41, 5.74) is 0.744. The monoisotopic (exact) mass is 261 g/mol. The van der Waals surface area contributed by atoms with Crippen LogP contribution in [0.1, 0.15) is 19.8 Å². The van der Waals surface area contributed by atoms with Crippen LogP contribution in [-0.2, 0) is 4.79 Å². The first-order chi connectivity index (χ1) is 9.22. The Kier molecular flexibility index (Phi) is 4.39. The van der Waals surface area contributed by atoms with E-state index in [1.807, 2.05) is 37.3 Å². The van der Waals surface area contributed by atoms with Crippen molar-refractivity contribution in [3.8, 4) is 0 Å². The van der Waals surface area contributed by atoms with E-state index in [0.29, 0.717) is 13.1 Å². The molecule has 1 heterocycles. The SMILES string of the molecule is CCNC(=O)[C@H]1CCCN1C(=O)Nc1ccccc1. The van der Waals surface area contributed by atoms with Gasteiger partial charge in [-0.15, -0.1) is 0 Å². The Morgan fingerprint density at radius 2 is 2.05 bits per heavy atom. The van der Waals surface area contributed by atoms with E-state index in [-0.39, 0.29) is 18.0 Å². The molecule has 0 saturated carbocycles. The minimum absolute atomic E-state index is 0.0665. The summed E-state index contributed by atoms with van der Waals surface area (Å²) in [5.74, 6) is -0.0665. The van der Waals surface area contributed by atoms with Crippen molar-refractivity contribution >= 4 is 17.6 Å². The highest BCUT2D eigenvalue weighted by Gasteiger charge is 2.33. The molecule has 1 saturated heterocycles. The summed E-state index contributed by atoms with van der Waals surface area (Å²) in [6.07, 6.45) is 1.60. The van der Waals surface area contributed by atoms with E-state index in [1.165, 1.54) is 0 Å². The maximum atomic E-state index is 12.2. The number of amides is 3. The lowest BCUT2D eigenvalue weighted by atomic mass is 10.2. The second-order valence-electron chi connectivity index (χ2n) is 4.54. The standard InChI is InChI=1S/C14H19N3O2/c1-2-15-13(18)12-9-6-10-17(12)14(19)16-11-7-4-3-5-8-11/h3-5,7-8,12H,2,6,9-10H2,1H3,(H,15,18)(H,16,19)/t12-/m1/s1. The highest BCUT2D eigenvalue weighted by molar-refractivity contribution is 5.94. The highest BCUT2D eigenvalue weighted by Crippen LogP contribution is 2.19. The molecule has 1 aromatic rings. The third kappa shape index (κ3) is 3.24. The van der Waals surface area contributed by atoms with Crippen LogP contribution in [0.4, 0.5) is 10.5 Å². The van der Waals surface area contributed by atoms with Crippen molar-refractivity contribution in [3.63, 3.8) is 0 Å². The Morgan fingerprint density at radius 1 is 1.32 bits per heavy atom. The number of hydrogen-bond donors (Lipinski definition) is 2. The van der Waals surface area contributed by atoms with E-state index in [1.54, 1.807) is 4.90 Å². The predicted molar refractivity (Wildman–Crippen MR) is 73.9 cm³/mol. The lowest BCUT2D eigenvalue weighted by Gasteiger charge is -2.24. The van der Waals surface area contributed by atoms with Gasteiger partial charge < -0.3 is 15.5 Å². The van der Waals surface area contributed by atoms with Crippen molar-refractivity contribution in [2.75, 3.05) is 18.4 Å². The van der Waals surface area contributed by atoms with Gasteiger partial charge in [0.25, 0.3) is 0 Å². The predicted octanol–water partition coefficient (Wildman–Crippen LogP) is 1.82. The largest absolute Gasteiger partial charge is 0.355 e. The number of para-hydroxylation sites is 1. The second kappa shape index (κ2) is 6.22. The lowest BCUT2D eigenvalue weighted by molar-refractivity contribution is -0.124. The number of anilines is 1. The van der Waals surface area contributed by atoms with Crippen LogP contribution in [0, 0.1) is 0 Å². The number of carbonyl (C=O) groups is 2. The molecule has 102 valence electrons. The summed E-state index contributed by atoms with van der Waals surface area (Å²) in [4.78, 5) is 25.7. The molecule has 1 fully saturated rings. The minimum atomic E-state index is -0.344. The maximum absolute atomic E-state index is 12.2. The van der Waals surface area contributed by atoms with Crippen LogP contribution >= 0.6 is 0 Å². The maximum Gasteiger partial charge on any atom is 0.322 e. The Bertz CT molecular complexity index is 447. The minimum Gasteiger partial charge on any atom is -0.355 e. The van der Waals surface area contributed by atoms with Crippen molar-refractivity contribution in [1.29, 1.82) is 0 Å². The summed E-state index contributed by atoms with van der Waals surface area (Å²) < 4.78 is 0. The van der Waals surface area contributed by atoms with Crippen molar-refractivity contribution in [1.82, 2.24) is 10.2 Å². The molecule has 2 rings (SSSR count). The van der Waals surface area contributed by atoms with Crippen molar-refractivity contribution in [3.05, 3.63) is 30.3 Å². The van der Waals surface area contributed by atoms with E-state index in [0.717, 1.165) is 18.5 Å². The molecule has 2 N–H and O–H groups in total. The zero-order valence-corrected chi connectivity index (χ0v) is 11.1. The number of carbonyl (C=O) groups excluding carboxylic acids is 2. The van der Waals surface area contributed by atoms with Gasteiger partial charge in [0.15, 0.2) is 0 Å². The van der Waals surface area contributed by atoms with Crippen molar-refractivity contribution in [2.45, 2.75) is 25.8 Å². The summed E-state index contributed by atoms with van der Waals surface area (Å²) in [5, 5.41) is 5.59. The fourth-order valence-electron chi connectivity index (χ4n) is 2.29. The smallest absolute Gasteiger partial charge is 0.322 e. The van der Waals surface area contributed by atoms with Crippen molar-refractivity contribution < 1.29 is 9.59 Å². The molecule has 0 aromatic heterocycles. The quantitative estimate of drug-likeness (QED) is 0.871. The first-order valence-electron chi connectivity index (χ1n) is 6.62. The molecule has 0 spiro atoms. The van der Waals surface area contributed by atoms with Gasteiger partial charge in [-0.1, -0.05) is 18.2 Å². The van der Waals surface area contributed by atoms with Crippen LogP contribution in [0.2, 0.25) is 0 Å². The van der Waals surface area contributed by atoms with Crippen LogP contribution < -0.4 is 10.6 Å². The van der Waals surface area contributed by atoms with E-state index in [4.69, 9.17) is 0 Å². The van der Waals surface area contributed by atoms with Gasteiger partial charge in [-0.25, -0.2) is 4.79 Å². The molecule has 5 heteroatoms. The van der Waals surface area contributed by atoms with E-state index >= 15 is 0 Å². The number of likely N-dealkylation sites (N-methyl/N-ethyl adjacent to an activating group) is 1. The topological polar surface area (TPSA) is 61.4 Å². The average molecular weight is 261 g/mol. The molecule has 0 unspecified atom stereocenters. The van der Waals surface area contributed by atoms with Gasteiger partial charge in [-0.2, -0.15) is 0 Å². The van der Waals surface area contributed by atoms with Crippen molar-refractivity contribution in [2.24, 2.45) is 0 Å². The number of likely N-dealkylation sites (tertiary alicyclic amines) is 1. The number of rotatable bonds is 3. The molecule has 0 aliphatic carbocycles. The molecular formula is C14H19N3O2. The summed E-state index contributed by atoms with van der Waals surface area (Å²) >= 11 is 0. The van der Waals surface area contributed by atoms with Crippen LogP contribution in [-0.4, -0.2) is 36.0 Å². The van der Waals surface area contributed by atoms with E-state index in [2.05, 4.69) is 10.6 Å². The molecule has 1 atom stereocenters. The number of nitrogens with zero attached hydrogens (tertiary/aromatic N) is 1. The van der Waals surface area contributed by atoms with Gasteiger partial charge in [0.2, 0.25) is 5.91 Å². The number of nitrogens with one attached hydrogen (secondary N) is 2. The third-order valence-corrected chi connectivity index (χ3v) is 3.19. The normalized spacial score (nSPS) is 18.2. The van der Waals surface area contributed by atoms with Crippen LogP contribution in [0.3, 0.4) is 0 Å². The number of urea groups is 1. The molecule has 0 bridgehead atoms. The molecule has 1 aliphatic heterocycles. The van der Waals surface area contributed by atoms with Gasteiger partial charge in [-0.3, -0.25) is 4.79 Å². The summed E-state index contributed by atoms with van der Waals surface area (Å²) in [6, 6.07) is 8.72. The van der Waals surface area contributed by atoms with Gasteiger partial charge in [0.1, 0.15) is 6.04 Å². The molecule has 3 amide bonds. The summed E-state index contributed by atoms with van der Waals surface area (Å²) in [6.45, 7) is 3.09. The molecule has 5 nitrogen and oxygen atoms in total. The fourth-order valence-corrected chi connectivity index (χ4v) is 2.29. The van der Waals surface area contributed by atoms with E-state index < -0.39 is 0 Å². The fraction of sp³-hybridized carbons (Fsp3) is 0.429. The highest BCUT2D eigenvalue weighted by atomic mass is 16.2. The summed E-state index contributed by atoms with van der Waals surface area (Å²) in [7, 11) is 0. The number of benzene rings is 1. The zero-order chi connectivity index (χ0) is 13.7. The Hall–Kier alpha value is -2.04. The first kappa shape index (κ1) is 13.4. The Balaban J connectivity index is 2.00. The van der Waals surface area contributed by atoms with Crippen LogP contribution in [0.15, 0.2) is 30.3 Å². The Labute approximate surface area is 113 Å². The Morgan fingerprint density at radius 3 is 2.74 bits per heavy atom. The first-order valence-corrected chi connectivity index (χ1v) is 6.62. The molecule has 1 aromatic carbocycles. The zero-order valence-electron chi connectivity index (χ0n) is 11.1. The molecule has 0 radical (unpaired) electrons. The molecular weight excluding hydrogens is 242 g/mol. The van der Waals surface area contributed by atoms with Gasteiger partial charge >= 0.3 is 6.03 Å². The lowest BCUT2D eigenvalue weighted by Crippen LogP contribution is -2.47. The van der Waals surface area contributed by atoms with E-state index in [9.17, 15) is 9.59 Å². The van der Waals surface area contributed by atoms with Crippen LogP contribution in [0.5, 0.6) is 0 Å². The average Bonchev–Trinajstić information content (AvgIpc) is 2.89. The van der Waals surface area contributed by atoms with Crippen LogP contribution in [0.25, 0.3) is 0 Å². The number of hydrogen-bond acceptors (Lipinski definition) is 2. The second-order valence-corrected chi connectivity index (χ2v) is 4.54. The third-order valence-electron chi connectivity index (χ3n) is 3.19. The van der Waals surface area contributed by atoms with Gasteiger partial charge in [0, 0.05) is 18.8 Å². The van der Waals surface area contributed by atoms with Gasteiger partial charge in [-0.05, 0) is 31.9 Å². The molecule has 19 heavy (non-hydrogen) atoms. The molecule has 1 aliphatic rings.